The molecule has 0 aromatic carbocycles. The van der Waals surface area contributed by atoms with Gasteiger partial charge in [-0.25, -0.2) is 0 Å². The number of carbonyl (C=O) groups excluding carboxylic acids is 1. The Labute approximate surface area is 78.7 Å². The molecule has 0 heterocycles. The predicted octanol–water partition coefficient (Wildman–Crippen LogP) is 3.09. The maximum absolute atomic E-state index is 12.5. The van der Waals surface area contributed by atoms with Gasteiger partial charge >= 0.3 is 6.04 Å². The summed E-state index contributed by atoms with van der Waals surface area (Å²) in [5, 5.41) is 0. The first-order valence-corrected chi connectivity index (χ1v) is 5.46. The van der Waals surface area contributed by atoms with E-state index in [1.807, 2.05) is 0 Å². The zero-order chi connectivity index (χ0) is 9.26. The minimum absolute atomic E-state index is 0.251. The van der Waals surface area contributed by atoms with Crippen LogP contribution >= 0.6 is 0 Å². The van der Waals surface area contributed by atoms with Gasteiger partial charge in [0.15, 0.2) is 0 Å². The molecule has 0 bridgehead atoms. The van der Waals surface area contributed by atoms with Gasteiger partial charge in [-0.2, -0.15) is 4.39 Å². The molecule has 0 aromatic heterocycles. The Hall–Kier alpha value is -0.400. The third kappa shape index (κ3) is 1.92. The van der Waals surface area contributed by atoms with E-state index in [0.717, 1.165) is 25.2 Å². The maximum Gasteiger partial charge on any atom is 0.304 e. The quantitative estimate of drug-likeness (QED) is 0.572. The lowest BCUT2D eigenvalue weighted by molar-refractivity contribution is -0.135. The molecule has 0 N–H and O–H groups in total. The van der Waals surface area contributed by atoms with E-state index in [1.54, 1.807) is 0 Å². The summed E-state index contributed by atoms with van der Waals surface area (Å²) in [4.78, 5) is 10.6. The van der Waals surface area contributed by atoms with Crippen LogP contribution in [0.1, 0.15) is 44.9 Å². The van der Waals surface area contributed by atoms with Crippen molar-refractivity contribution in [3.63, 3.8) is 0 Å². The van der Waals surface area contributed by atoms with Crippen molar-refractivity contribution in [3.8, 4) is 0 Å². The molecule has 2 heteroatoms. The summed E-state index contributed by atoms with van der Waals surface area (Å²) in [5.74, 6) is 1.22. The Kier molecular flexibility index (Phi) is 2.66. The van der Waals surface area contributed by atoms with E-state index in [0.29, 0.717) is 5.92 Å². The highest BCUT2D eigenvalue weighted by Crippen LogP contribution is 2.42. The molecule has 1 nitrogen and oxygen atoms in total. The summed E-state index contributed by atoms with van der Waals surface area (Å²) in [6.07, 6.45) is 7.90. The van der Waals surface area contributed by atoms with E-state index in [-0.39, 0.29) is 5.92 Å². The second-order valence-corrected chi connectivity index (χ2v) is 4.62. The van der Waals surface area contributed by atoms with Crippen LogP contribution in [0.3, 0.4) is 0 Å². The van der Waals surface area contributed by atoms with E-state index in [2.05, 4.69) is 0 Å². The number of hydrogen-bond acceptors (Lipinski definition) is 1. The molecule has 74 valence electrons. The van der Waals surface area contributed by atoms with Crippen LogP contribution in [0.4, 0.5) is 4.39 Å². The highest BCUT2D eigenvalue weighted by atomic mass is 19.1. The summed E-state index contributed by atoms with van der Waals surface area (Å²) >= 11 is 0. The fraction of sp³-hybridized carbons (Fsp3) is 0.909. The fourth-order valence-corrected chi connectivity index (χ4v) is 3.08. The van der Waals surface area contributed by atoms with Gasteiger partial charge in [-0.1, -0.05) is 25.7 Å². The highest BCUT2D eigenvalue weighted by molar-refractivity contribution is 5.71. The summed E-state index contributed by atoms with van der Waals surface area (Å²) < 4.78 is 12.5. The smallest absolute Gasteiger partial charge is 0.261 e. The monoisotopic (exact) mass is 184 g/mol. The SMILES string of the molecule is O=C(F)C1CCC2CCCCC2C1. The van der Waals surface area contributed by atoms with E-state index in [1.165, 1.54) is 25.7 Å². The van der Waals surface area contributed by atoms with Crippen molar-refractivity contribution in [1.82, 2.24) is 0 Å². The van der Waals surface area contributed by atoms with Crippen LogP contribution in [0.5, 0.6) is 0 Å². The van der Waals surface area contributed by atoms with Crippen molar-refractivity contribution in [2.45, 2.75) is 44.9 Å². The first-order chi connectivity index (χ1) is 6.27. The van der Waals surface area contributed by atoms with Crippen molar-refractivity contribution in [1.29, 1.82) is 0 Å². The molecule has 0 aromatic rings. The number of rotatable bonds is 1. The number of halogens is 1. The van der Waals surface area contributed by atoms with Gasteiger partial charge in [-0.3, -0.25) is 4.79 Å². The molecular formula is C11H17FO. The molecule has 2 aliphatic rings. The third-order valence-electron chi connectivity index (χ3n) is 3.86. The Bertz CT molecular complexity index is 202. The van der Waals surface area contributed by atoms with Gasteiger partial charge in [0.2, 0.25) is 0 Å². The second-order valence-electron chi connectivity index (χ2n) is 4.62. The number of carbonyl (C=O) groups is 1. The van der Waals surface area contributed by atoms with Crippen LogP contribution in [0.15, 0.2) is 0 Å². The minimum atomic E-state index is -1.07. The molecule has 13 heavy (non-hydrogen) atoms. The van der Waals surface area contributed by atoms with Crippen LogP contribution in [-0.2, 0) is 4.79 Å². The minimum Gasteiger partial charge on any atom is -0.261 e. The zero-order valence-corrected chi connectivity index (χ0v) is 7.97. The lowest BCUT2D eigenvalue weighted by Crippen LogP contribution is -2.30. The predicted molar refractivity (Wildman–Crippen MR) is 48.9 cm³/mol. The molecule has 0 aliphatic heterocycles. The average Bonchev–Trinajstić information content (AvgIpc) is 2.17. The lowest BCUT2D eigenvalue weighted by atomic mass is 9.68. The molecule has 3 atom stereocenters. The van der Waals surface area contributed by atoms with E-state index < -0.39 is 6.04 Å². The van der Waals surface area contributed by atoms with Crippen LogP contribution in [0.2, 0.25) is 0 Å². The van der Waals surface area contributed by atoms with E-state index in [9.17, 15) is 9.18 Å². The summed E-state index contributed by atoms with van der Waals surface area (Å²) in [5.41, 5.74) is 0. The normalized spacial score (nSPS) is 39.6. The Morgan fingerprint density at radius 3 is 2.38 bits per heavy atom. The Balaban J connectivity index is 1.95. The molecule has 2 fully saturated rings. The van der Waals surface area contributed by atoms with Crippen LogP contribution in [-0.4, -0.2) is 6.04 Å². The number of fused-ring (bicyclic) bond motifs is 1. The fourth-order valence-electron chi connectivity index (χ4n) is 3.08. The second kappa shape index (κ2) is 3.77. The largest absolute Gasteiger partial charge is 0.304 e. The Morgan fingerprint density at radius 1 is 1.00 bits per heavy atom. The van der Waals surface area contributed by atoms with Crippen LogP contribution in [0.25, 0.3) is 0 Å². The number of hydrogen-bond donors (Lipinski definition) is 0. The molecule has 0 amide bonds. The molecule has 2 aliphatic carbocycles. The lowest BCUT2D eigenvalue weighted by Gasteiger charge is -2.37. The van der Waals surface area contributed by atoms with Gasteiger partial charge in [-0.15, -0.1) is 0 Å². The first-order valence-electron chi connectivity index (χ1n) is 5.46. The average molecular weight is 184 g/mol. The summed E-state index contributed by atoms with van der Waals surface area (Å²) in [7, 11) is 0. The van der Waals surface area contributed by atoms with E-state index in [4.69, 9.17) is 0 Å². The van der Waals surface area contributed by atoms with Gasteiger partial charge in [0.1, 0.15) is 0 Å². The molecule has 0 radical (unpaired) electrons. The summed E-state index contributed by atoms with van der Waals surface area (Å²) in [6, 6.07) is -1.07. The molecule has 2 rings (SSSR count). The van der Waals surface area contributed by atoms with Gasteiger partial charge in [0.25, 0.3) is 0 Å². The molecular weight excluding hydrogens is 167 g/mol. The van der Waals surface area contributed by atoms with E-state index >= 15 is 0 Å². The van der Waals surface area contributed by atoms with Crippen molar-refractivity contribution in [2.24, 2.45) is 17.8 Å². The topological polar surface area (TPSA) is 17.1 Å². The van der Waals surface area contributed by atoms with Crippen molar-refractivity contribution >= 4 is 6.04 Å². The standard InChI is InChI=1S/C11H17FO/c12-11(13)10-6-5-8-3-1-2-4-9(8)7-10/h8-10H,1-7H2. The van der Waals surface area contributed by atoms with Gasteiger partial charge in [0, 0.05) is 0 Å². The van der Waals surface area contributed by atoms with Crippen molar-refractivity contribution in [2.75, 3.05) is 0 Å². The van der Waals surface area contributed by atoms with Crippen molar-refractivity contribution < 1.29 is 9.18 Å². The molecule has 0 saturated heterocycles. The zero-order valence-electron chi connectivity index (χ0n) is 7.97. The van der Waals surface area contributed by atoms with Gasteiger partial charge in [0.05, 0.1) is 5.92 Å². The molecule has 3 unspecified atom stereocenters. The van der Waals surface area contributed by atoms with Crippen LogP contribution < -0.4 is 0 Å². The molecule has 0 spiro atoms. The Morgan fingerprint density at radius 2 is 1.69 bits per heavy atom. The third-order valence-corrected chi connectivity index (χ3v) is 3.86. The van der Waals surface area contributed by atoms with Crippen molar-refractivity contribution in [3.05, 3.63) is 0 Å². The first kappa shape index (κ1) is 9.17. The highest BCUT2D eigenvalue weighted by Gasteiger charge is 2.34. The maximum atomic E-state index is 12.5. The molecule has 2 saturated carbocycles. The van der Waals surface area contributed by atoms with Gasteiger partial charge in [-0.05, 0) is 31.1 Å². The van der Waals surface area contributed by atoms with Gasteiger partial charge < -0.3 is 0 Å². The summed E-state index contributed by atoms with van der Waals surface area (Å²) in [6.45, 7) is 0. The van der Waals surface area contributed by atoms with Crippen LogP contribution in [0, 0.1) is 17.8 Å².